The van der Waals surface area contributed by atoms with Gasteiger partial charge in [-0.2, -0.15) is 0 Å². The molecule has 43 heavy (non-hydrogen) atoms. The second-order valence-electron chi connectivity index (χ2n) is 14.2. The Labute approximate surface area is 276 Å². The molecule has 0 amide bonds. The van der Waals surface area contributed by atoms with Gasteiger partial charge in [0.25, 0.3) is 0 Å². The summed E-state index contributed by atoms with van der Waals surface area (Å²) in [4.78, 5) is 0. The van der Waals surface area contributed by atoms with Crippen LogP contribution >= 0.6 is 36.4 Å². The molecular weight excluding hydrogens is 666 g/mol. The molecule has 0 bridgehead atoms. The van der Waals surface area contributed by atoms with Crippen LogP contribution in [0.3, 0.4) is 0 Å². The van der Waals surface area contributed by atoms with Gasteiger partial charge in [-0.25, -0.2) is 0 Å². The van der Waals surface area contributed by atoms with E-state index in [9.17, 15) is 0 Å². The van der Waals surface area contributed by atoms with Crippen LogP contribution in [0.4, 0.5) is 0 Å². The van der Waals surface area contributed by atoms with E-state index >= 15 is 0 Å². The van der Waals surface area contributed by atoms with Gasteiger partial charge in [-0.05, 0) is 0 Å². The van der Waals surface area contributed by atoms with Gasteiger partial charge in [0.2, 0.25) is 0 Å². The van der Waals surface area contributed by atoms with Crippen molar-refractivity contribution in [2.45, 2.75) is 65.2 Å². The Morgan fingerprint density at radius 2 is 1.35 bits per heavy atom. The van der Waals surface area contributed by atoms with Crippen molar-refractivity contribution in [2.24, 2.45) is 0 Å². The van der Waals surface area contributed by atoms with Crippen molar-refractivity contribution in [3.8, 4) is 11.1 Å². The SMILES string of the molecule is Cl.Cl.[CH2]=[Zr]([C]1=CC=CC1)([c]1ccccc1)([c]1ccc(Cl)cc1)[c]1c(C(C)(C)C)ccc2c1Cc1cc(C(C)(C)C)ccc1-2. The Morgan fingerprint density at radius 3 is 1.93 bits per heavy atom. The van der Waals surface area contributed by atoms with Gasteiger partial charge in [0.1, 0.15) is 0 Å². The Hall–Kier alpha value is -2.02. The summed E-state index contributed by atoms with van der Waals surface area (Å²) in [5, 5.41) is 0.764. The van der Waals surface area contributed by atoms with Gasteiger partial charge in [-0.15, -0.1) is 24.8 Å². The molecule has 224 valence electrons. The first kappa shape index (κ1) is 33.9. The van der Waals surface area contributed by atoms with Gasteiger partial charge in [0.15, 0.2) is 0 Å². The maximum absolute atomic E-state index is 6.54. The first-order chi connectivity index (χ1) is 19.3. The van der Waals surface area contributed by atoms with Gasteiger partial charge in [-0.3, -0.25) is 0 Å². The van der Waals surface area contributed by atoms with Gasteiger partial charge >= 0.3 is 254 Å². The molecule has 0 unspecified atom stereocenters. The van der Waals surface area contributed by atoms with Gasteiger partial charge < -0.3 is 0 Å². The second-order valence-corrected chi connectivity index (χ2v) is 27.5. The standard InChI is InChI=1S/C21H25.C6H4Cl.C6H5.C5H5.CH2.2ClH.Zr/c1-20(2,3)16-7-9-18-14(12-16)11-15-13-17(21(4,5)6)8-10-19(15)18;7-6-4-2-1-3-5-6;1-2-4-6-5-3-1;1-2-4-5-3-1;;;;/h7-10,12H,11H2,1-6H3;2-5H;1-5H;1-3H,4H2;1H2;2*1H;. The van der Waals surface area contributed by atoms with Crippen LogP contribution in [0, 0.1) is 0 Å². The molecule has 6 rings (SSSR count). The topological polar surface area (TPSA) is 0 Å². The predicted octanol–water partition coefficient (Wildman–Crippen LogP) is 9.59. The molecule has 4 aromatic rings. The van der Waals surface area contributed by atoms with Crippen molar-refractivity contribution >= 4 is 50.4 Å². The zero-order valence-corrected chi connectivity index (χ0v) is 31.0. The van der Waals surface area contributed by atoms with Crippen LogP contribution in [0.2, 0.25) is 5.02 Å². The summed E-state index contributed by atoms with van der Waals surface area (Å²) in [5.74, 6) is 0. The molecule has 0 nitrogen and oxygen atoms in total. The van der Waals surface area contributed by atoms with E-state index in [-0.39, 0.29) is 35.6 Å². The Morgan fingerprint density at radius 1 is 0.721 bits per heavy atom. The molecule has 4 aromatic carbocycles. The molecular formula is C39H43Cl3Zr. The number of hydrogen-bond acceptors (Lipinski definition) is 0. The van der Waals surface area contributed by atoms with E-state index in [0.29, 0.717) is 0 Å². The minimum absolute atomic E-state index is 0. The number of halogens is 3. The summed E-state index contributed by atoms with van der Waals surface area (Å²) >= 11 is 1.73. The Balaban J connectivity index is 0.00000212. The number of rotatable bonds is 4. The van der Waals surface area contributed by atoms with Crippen molar-refractivity contribution in [3.63, 3.8) is 0 Å². The van der Waals surface area contributed by atoms with E-state index in [2.05, 4.69) is 145 Å². The summed E-state index contributed by atoms with van der Waals surface area (Å²) in [6, 6.07) is 32.0. The zero-order chi connectivity index (χ0) is 29.2. The molecule has 0 aliphatic heterocycles. The fraction of sp³-hybridized carbons (Fsp3) is 0.256. The summed E-state index contributed by atoms with van der Waals surface area (Å²) in [6.07, 6.45) is 8.83. The van der Waals surface area contributed by atoms with Gasteiger partial charge in [0, 0.05) is 0 Å². The molecule has 2 aliphatic rings. The van der Waals surface area contributed by atoms with E-state index in [0.717, 1.165) is 17.9 Å². The molecule has 0 atom stereocenters. The minimum atomic E-state index is -4.81. The summed E-state index contributed by atoms with van der Waals surface area (Å²) < 4.78 is 11.4. The van der Waals surface area contributed by atoms with Crippen molar-refractivity contribution in [1.29, 1.82) is 0 Å². The van der Waals surface area contributed by atoms with Crippen molar-refractivity contribution in [2.75, 3.05) is 0 Å². The second kappa shape index (κ2) is 11.7. The van der Waals surface area contributed by atoms with Crippen LogP contribution < -0.4 is 9.81 Å². The monoisotopic (exact) mass is 706 g/mol. The molecule has 0 radical (unpaired) electrons. The third kappa shape index (κ3) is 5.23. The zero-order valence-electron chi connectivity index (χ0n) is 26.1. The van der Waals surface area contributed by atoms with E-state index in [1.807, 2.05) is 0 Å². The average molecular weight is 709 g/mol. The summed E-state index contributed by atoms with van der Waals surface area (Å²) in [6.45, 7) is 14.0. The van der Waals surface area contributed by atoms with E-state index in [1.165, 1.54) is 46.5 Å². The first-order valence-corrected chi connectivity index (χ1v) is 21.9. The van der Waals surface area contributed by atoms with Crippen LogP contribution in [-0.4, -0.2) is 4.21 Å². The van der Waals surface area contributed by atoms with E-state index in [4.69, 9.17) is 15.8 Å². The fourth-order valence-electron chi connectivity index (χ4n) is 7.47. The molecule has 4 heteroatoms. The molecule has 0 saturated heterocycles. The van der Waals surface area contributed by atoms with Crippen LogP contribution in [0.1, 0.15) is 70.2 Å². The number of fused-ring (bicyclic) bond motifs is 3. The Bertz CT molecular complexity index is 1800. The van der Waals surface area contributed by atoms with Crippen molar-refractivity contribution < 1.29 is 18.3 Å². The number of allylic oxidation sites excluding steroid dienone is 4. The van der Waals surface area contributed by atoms with Gasteiger partial charge in [0.05, 0.1) is 0 Å². The number of hydrogen-bond donors (Lipinski definition) is 0. The van der Waals surface area contributed by atoms with Gasteiger partial charge in [-0.1, -0.05) is 0 Å². The fourth-order valence-corrected chi connectivity index (χ4v) is 24.3. The third-order valence-electron chi connectivity index (χ3n) is 9.67. The molecule has 0 heterocycles. The third-order valence-corrected chi connectivity index (χ3v) is 26.3. The molecule has 0 aromatic heterocycles. The van der Waals surface area contributed by atoms with E-state index in [1.54, 1.807) is 0 Å². The molecule has 0 spiro atoms. The molecule has 0 N–H and O–H groups in total. The summed E-state index contributed by atoms with van der Waals surface area (Å²) in [5.41, 5.74) is 8.53. The first-order valence-electron chi connectivity index (χ1n) is 14.8. The predicted molar refractivity (Wildman–Crippen MR) is 192 cm³/mol. The quantitative estimate of drug-likeness (QED) is 0.175. The average Bonchev–Trinajstić information content (AvgIpc) is 3.61. The molecule has 0 fully saturated rings. The van der Waals surface area contributed by atoms with E-state index < -0.39 is 18.3 Å². The van der Waals surface area contributed by atoms with Crippen LogP contribution in [-0.2, 0) is 35.5 Å². The number of benzene rings is 4. The summed E-state index contributed by atoms with van der Waals surface area (Å²) in [7, 11) is 0. The van der Waals surface area contributed by atoms with Crippen molar-refractivity contribution in [3.05, 3.63) is 134 Å². The van der Waals surface area contributed by atoms with Crippen LogP contribution in [0.15, 0.2) is 106 Å². The molecule has 2 aliphatic carbocycles. The van der Waals surface area contributed by atoms with Crippen molar-refractivity contribution in [1.82, 2.24) is 0 Å². The normalized spacial score (nSPS) is 14.4. The maximum atomic E-state index is 6.54. The van der Waals surface area contributed by atoms with Crippen LogP contribution in [0.5, 0.6) is 0 Å². The van der Waals surface area contributed by atoms with Crippen LogP contribution in [0.25, 0.3) is 11.1 Å². The molecule has 0 saturated carbocycles. The Kier molecular flexibility index (Phi) is 9.24.